The van der Waals surface area contributed by atoms with Crippen molar-refractivity contribution in [3.05, 3.63) is 59.1 Å². The first kappa shape index (κ1) is 19.2. The smallest absolute Gasteiger partial charge is 0.238 e. The number of rotatable bonds is 10. The summed E-state index contributed by atoms with van der Waals surface area (Å²) in [5.41, 5.74) is 1.65. The molecule has 0 saturated heterocycles. The Morgan fingerprint density at radius 2 is 1.96 bits per heavy atom. The van der Waals surface area contributed by atoms with Gasteiger partial charge in [-0.1, -0.05) is 35.9 Å². The molecule has 5 nitrogen and oxygen atoms in total. The number of hydrogen-bond donors (Lipinski definition) is 2. The standard InChI is InChI=1S/C19H23ClN2O3/c1-2-24-10-11-25-17-8-5-7-16(12-17)22-19(23)14-21-13-15-6-3-4-9-18(15)20/h3-9,12,21H,2,10-11,13-14H2,1H3,(H,22,23). The van der Waals surface area contributed by atoms with Crippen LogP contribution in [0.15, 0.2) is 48.5 Å². The van der Waals surface area contributed by atoms with Crippen LogP contribution in [0.4, 0.5) is 5.69 Å². The first-order chi connectivity index (χ1) is 12.2. The van der Waals surface area contributed by atoms with Gasteiger partial charge in [0.2, 0.25) is 5.91 Å². The molecule has 0 radical (unpaired) electrons. The zero-order valence-corrected chi connectivity index (χ0v) is 15.0. The Balaban J connectivity index is 1.75. The van der Waals surface area contributed by atoms with Crippen LogP contribution < -0.4 is 15.4 Å². The molecular formula is C19H23ClN2O3. The maximum Gasteiger partial charge on any atom is 0.238 e. The lowest BCUT2D eigenvalue weighted by molar-refractivity contribution is -0.115. The average Bonchev–Trinajstić information content (AvgIpc) is 2.61. The summed E-state index contributed by atoms with van der Waals surface area (Å²) in [6.45, 7) is 4.36. The van der Waals surface area contributed by atoms with Crippen LogP contribution in [0.3, 0.4) is 0 Å². The largest absolute Gasteiger partial charge is 0.491 e. The minimum Gasteiger partial charge on any atom is -0.491 e. The first-order valence-corrected chi connectivity index (χ1v) is 8.61. The summed E-state index contributed by atoms with van der Waals surface area (Å²) in [5, 5.41) is 6.61. The van der Waals surface area contributed by atoms with Crippen molar-refractivity contribution in [2.45, 2.75) is 13.5 Å². The zero-order valence-electron chi connectivity index (χ0n) is 14.3. The summed E-state index contributed by atoms with van der Waals surface area (Å²) in [5.74, 6) is 0.569. The molecule has 0 unspecified atom stereocenters. The molecule has 1 amide bonds. The molecule has 0 aromatic heterocycles. The Morgan fingerprint density at radius 1 is 1.12 bits per heavy atom. The molecule has 134 valence electrons. The third-order valence-electron chi connectivity index (χ3n) is 3.38. The summed E-state index contributed by atoms with van der Waals surface area (Å²) < 4.78 is 10.8. The van der Waals surface area contributed by atoms with Crippen LogP contribution in [-0.2, 0) is 16.1 Å². The monoisotopic (exact) mass is 362 g/mol. The number of benzene rings is 2. The van der Waals surface area contributed by atoms with E-state index in [1.54, 1.807) is 6.07 Å². The van der Waals surface area contributed by atoms with Gasteiger partial charge in [-0.15, -0.1) is 0 Å². The van der Waals surface area contributed by atoms with Crippen molar-refractivity contribution in [3.8, 4) is 5.75 Å². The highest BCUT2D eigenvalue weighted by Crippen LogP contribution is 2.17. The maximum atomic E-state index is 12.0. The van der Waals surface area contributed by atoms with E-state index in [-0.39, 0.29) is 12.5 Å². The fourth-order valence-corrected chi connectivity index (χ4v) is 2.39. The van der Waals surface area contributed by atoms with Gasteiger partial charge >= 0.3 is 0 Å². The van der Waals surface area contributed by atoms with Gasteiger partial charge in [-0.05, 0) is 30.7 Å². The van der Waals surface area contributed by atoms with Crippen LogP contribution in [-0.4, -0.2) is 32.3 Å². The Morgan fingerprint density at radius 3 is 2.76 bits per heavy atom. The van der Waals surface area contributed by atoms with E-state index < -0.39 is 0 Å². The van der Waals surface area contributed by atoms with Gasteiger partial charge in [0.15, 0.2) is 0 Å². The lowest BCUT2D eigenvalue weighted by Crippen LogP contribution is -2.27. The predicted molar refractivity (Wildman–Crippen MR) is 100 cm³/mol. The SMILES string of the molecule is CCOCCOc1cccc(NC(=O)CNCc2ccccc2Cl)c1. The van der Waals surface area contributed by atoms with Gasteiger partial charge in [-0.2, -0.15) is 0 Å². The lowest BCUT2D eigenvalue weighted by Gasteiger charge is -2.10. The quantitative estimate of drug-likeness (QED) is 0.635. The molecule has 2 rings (SSSR count). The van der Waals surface area contributed by atoms with E-state index in [0.29, 0.717) is 42.8 Å². The summed E-state index contributed by atoms with van der Waals surface area (Å²) in [7, 11) is 0. The Kier molecular flexibility index (Phi) is 8.25. The van der Waals surface area contributed by atoms with Crippen molar-refractivity contribution < 1.29 is 14.3 Å². The molecule has 0 heterocycles. The van der Waals surface area contributed by atoms with Crippen molar-refractivity contribution in [2.75, 3.05) is 31.7 Å². The molecular weight excluding hydrogens is 340 g/mol. The maximum absolute atomic E-state index is 12.0. The minimum absolute atomic E-state index is 0.126. The molecule has 0 atom stereocenters. The Hall–Kier alpha value is -2.08. The number of ether oxygens (including phenoxy) is 2. The molecule has 0 saturated carbocycles. The Labute approximate surface area is 153 Å². The number of nitrogens with one attached hydrogen (secondary N) is 2. The molecule has 0 aliphatic rings. The number of halogens is 1. The molecule has 2 aromatic rings. The lowest BCUT2D eigenvalue weighted by atomic mass is 10.2. The number of carbonyl (C=O) groups is 1. The van der Waals surface area contributed by atoms with Gasteiger partial charge in [0.05, 0.1) is 13.2 Å². The first-order valence-electron chi connectivity index (χ1n) is 8.23. The number of hydrogen-bond acceptors (Lipinski definition) is 4. The summed E-state index contributed by atoms with van der Waals surface area (Å²) in [6.07, 6.45) is 0. The fraction of sp³-hybridized carbons (Fsp3) is 0.316. The van der Waals surface area contributed by atoms with E-state index in [2.05, 4.69) is 10.6 Å². The highest BCUT2D eigenvalue weighted by molar-refractivity contribution is 6.31. The van der Waals surface area contributed by atoms with Crippen molar-refractivity contribution >= 4 is 23.2 Å². The molecule has 2 aromatic carbocycles. The van der Waals surface area contributed by atoms with Crippen LogP contribution in [0.1, 0.15) is 12.5 Å². The Bertz CT molecular complexity index is 679. The molecule has 0 fully saturated rings. The molecule has 25 heavy (non-hydrogen) atoms. The van der Waals surface area contributed by atoms with Crippen molar-refractivity contribution in [1.29, 1.82) is 0 Å². The minimum atomic E-state index is -0.126. The summed E-state index contributed by atoms with van der Waals surface area (Å²) in [4.78, 5) is 12.0. The number of amides is 1. The van der Waals surface area contributed by atoms with E-state index in [1.165, 1.54) is 0 Å². The van der Waals surface area contributed by atoms with Crippen LogP contribution in [0.5, 0.6) is 5.75 Å². The molecule has 0 aliphatic heterocycles. The molecule has 0 spiro atoms. The predicted octanol–water partition coefficient (Wildman–Crippen LogP) is 3.48. The third kappa shape index (κ3) is 7.13. The topological polar surface area (TPSA) is 59.6 Å². The molecule has 6 heteroatoms. The van der Waals surface area contributed by atoms with Crippen LogP contribution in [0.25, 0.3) is 0 Å². The second kappa shape index (κ2) is 10.7. The normalized spacial score (nSPS) is 10.5. The second-order valence-electron chi connectivity index (χ2n) is 5.32. The molecule has 0 bridgehead atoms. The third-order valence-corrected chi connectivity index (χ3v) is 3.75. The van der Waals surface area contributed by atoms with Gasteiger partial charge in [0.1, 0.15) is 12.4 Å². The fourth-order valence-electron chi connectivity index (χ4n) is 2.18. The van der Waals surface area contributed by atoms with E-state index >= 15 is 0 Å². The van der Waals surface area contributed by atoms with Gasteiger partial charge in [-0.3, -0.25) is 4.79 Å². The highest BCUT2D eigenvalue weighted by atomic mass is 35.5. The zero-order chi connectivity index (χ0) is 17.9. The van der Waals surface area contributed by atoms with Crippen molar-refractivity contribution in [2.24, 2.45) is 0 Å². The van der Waals surface area contributed by atoms with Crippen LogP contribution >= 0.6 is 11.6 Å². The van der Waals surface area contributed by atoms with E-state index in [0.717, 1.165) is 5.56 Å². The van der Waals surface area contributed by atoms with Crippen molar-refractivity contribution in [1.82, 2.24) is 5.32 Å². The number of carbonyl (C=O) groups excluding carboxylic acids is 1. The molecule has 0 aliphatic carbocycles. The van der Waals surface area contributed by atoms with E-state index in [9.17, 15) is 4.79 Å². The summed E-state index contributed by atoms with van der Waals surface area (Å²) in [6, 6.07) is 14.8. The van der Waals surface area contributed by atoms with Crippen LogP contribution in [0, 0.1) is 0 Å². The second-order valence-corrected chi connectivity index (χ2v) is 5.72. The molecule has 2 N–H and O–H groups in total. The van der Waals surface area contributed by atoms with Gasteiger partial charge in [0, 0.05) is 29.9 Å². The average molecular weight is 363 g/mol. The number of anilines is 1. The van der Waals surface area contributed by atoms with Crippen LogP contribution in [0.2, 0.25) is 5.02 Å². The van der Waals surface area contributed by atoms with Gasteiger partial charge in [0.25, 0.3) is 0 Å². The van der Waals surface area contributed by atoms with Gasteiger partial charge < -0.3 is 20.1 Å². The van der Waals surface area contributed by atoms with E-state index in [4.69, 9.17) is 21.1 Å². The summed E-state index contributed by atoms with van der Waals surface area (Å²) >= 11 is 6.08. The van der Waals surface area contributed by atoms with Gasteiger partial charge in [-0.25, -0.2) is 0 Å². The highest BCUT2D eigenvalue weighted by Gasteiger charge is 2.04. The van der Waals surface area contributed by atoms with Crippen molar-refractivity contribution in [3.63, 3.8) is 0 Å². The van der Waals surface area contributed by atoms with E-state index in [1.807, 2.05) is 49.4 Å².